The summed E-state index contributed by atoms with van der Waals surface area (Å²) in [5.74, 6) is -1.62. The topological polar surface area (TPSA) is 92.8 Å². The molecular formula is C11H14FNO4. The predicted octanol–water partition coefficient (Wildman–Crippen LogP) is -0.0347. The van der Waals surface area contributed by atoms with Crippen molar-refractivity contribution in [2.45, 2.75) is 12.2 Å². The molecule has 0 aliphatic heterocycles. The first-order valence-electron chi connectivity index (χ1n) is 4.95. The number of esters is 1. The number of methoxy groups -OCH3 is 1. The average Bonchev–Trinajstić information content (AvgIpc) is 2.35. The Morgan fingerprint density at radius 3 is 2.65 bits per heavy atom. The highest BCUT2D eigenvalue weighted by molar-refractivity contribution is 5.89. The van der Waals surface area contributed by atoms with E-state index in [0.717, 1.165) is 13.2 Å². The van der Waals surface area contributed by atoms with Gasteiger partial charge in [0.2, 0.25) is 0 Å². The lowest BCUT2D eigenvalue weighted by atomic mass is 10.0. The van der Waals surface area contributed by atoms with Crippen LogP contribution in [0.3, 0.4) is 0 Å². The fraction of sp³-hybridized carbons (Fsp3) is 0.364. The molecule has 0 aliphatic rings. The molecule has 0 aromatic heterocycles. The van der Waals surface area contributed by atoms with E-state index >= 15 is 0 Å². The molecule has 0 bridgehead atoms. The summed E-state index contributed by atoms with van der Waals surface area (Å²) in [5, 5.41) is 18.9. The Hall–Kier alpha value is -1.50. The van der Waals surface area contributed by atoms with Crippen LogP contribution in [0.2, 0.25) is 0 Å². The summed E-state index contributed by atoms with van der Waals surface area (Å²) in [7, 11) is 1.14. The molecule has 1 aromatic carbocycles. The van der Waals surface area contributed by atoms with E-state index in [-0.39, 0.29) is 17.7 Å². The van der Waals surface area contributed by atoms with Crippen molar-refractivity contribution in [3.8, 4) is 0 Å². The van der Waals surface area contributed by atoms with E-state index in [4.69, 9.17) is 5.73 Å². The minimum atomic E-state index is -1.29. The predicted molar refractivity (Wildman–Crippen MR) is 57.8 cm³/mol. The van der Waals surface area contributed by atoms with Crippen molar-refractivity contribution in [1.82, 2.24) is 0 Å². The molecule has 2 atom stereocenters. The van der Waals surface area contributed by atoms with Gasteiger partial charge in [0, 0.05) is 6.54 Å². The van der Waals surface area contributed by atoms with Crippen LogP contribution in [-0.2, 0) is 4.74 Å². The molecule has 0 fully saturated rings. The largest absolute Gasteiger partial charge is 0.465 e. The van der Waals surface area contributed by atoms with Crippen LogP contribution in [0.15, 0.2) is 18.2 Å². The highest BCUT2D eigenvalue weighted by atomic mass is 19.1. The molecule has 4 N–H and O–H groups in total. The van der Waals surface area contributed by atoms with Gasteiger partial charge < -0.3 is 20.7 Å². The van der Waals surface area contributed by atoms with Crippen molar-refractivity contribution in [2.24, 2.45) is 5.73 Å². The number of aliphatic hydroxyl groups is 2. The van der Waals surface area contributed by atoms with Gasteiger partial charge in [-0.2, -0.15) is 0 Å². The molecule has 1 rings (SSSR count). The summed E-state index contributed by atoms with van der Waals surface area (Å²) in [4.78, 5) is 11.1. The lowest BCUT2D eigenvalue weighted by Gasteiger charge is -2.16. The SMILES string of the molecule is COC(=O)c1ccc(C(O)C(O)CN)cc1F. The van der Waals surface area contributed by atoms with Gasteiger partial charge in [0.25, 0.3) is 0 Å². The minimum absolute atomic E-state index is 0.146. The Morgan fingerprint density at radius 1 is 1.53 bits per heavy atom. The van der Waals surface area contributed by atoms with Crippen LogP contribution in [0.25, 0.3) is 0 Å². The van der Waals surface area contributed by atoms with Crippen molar-refractivity contribution in [2.75, 3.05) is 13.7 Å². The molecular weight excluding hydrogens is 229 g/mol. The Morgan fingerprint density at radius 2 is 2.18 bits per heavy atom. The molecule has 2 unspecified atom stereocenters. The maximum Gasteiger partial charge on any atom is 0.340 e. The third-order valence-corrected chi connectivity index (χ3v) is 2.35. The molecule has 0 heterocycles. The smallest absolute Gasteiger partial charge is 0.340 e. The van der Waals surface area contributed by atoms with Crippen LogP contribution in [0.5, 0.6) is 0 Å². The average molecular weight is 243 g/mol. The lowest BCUT2D eigenvalue weighted by molar-refractivity contribution is 0.0241. The molecule has 94 valence electrons. The van der Waals surface area contributed by atoms with E-state index in [1.54, 1.807) is 0 Å². The number of rotatable bonds is 4. The summed E-state index contributed by atoms with van der Waals surface area (Å²) in [6.07, 6.45) is -2.47. The van der Waals surface area contributed by atoms with Gasteiger partial charge in [0.1, 0.15) is 11.9 Å². The van der Waals surface area contributed by atoms with Crippen LogP contribution >= 0.6 is 0 Å². The zero-order valence-corrected chi connectivity index (χ0v) is 9.26. The number of carbonyl (C=O) groups excluding carboxylic acids is 1. The van der Waals surface area contributed by atoms with Gasteiger partial charge in [-0.1, -0.05) is 6.07 Å². The van der Waals surface area contributed by atoms with Gasteiger partial charge in [-0.3, -0.25) is 0 Å². The second-order valence-corrected chi connectivity index (χ2v) is 3.48. The number of benzene rings is 1. The summed E-state index contributed by atoms with van der Waals surface area (Å²) >= 11 is 0. The van der Waals surface area contributed by atoms with E-state index in [1.165, 1.54) is 12.1 Å². The Bertz CT molecular complexity index is 410. The molecule has 0 amide bonds. The van der Waals surface area contributed by atoms with Crippen molar-refractivity contribution >= 4 is 5.97 Å². The van der Waals surface area contributed by atoms with Crippen molar-refractivity contribution in [3.63, 3.8) is 0 Å². The van der Waals surface area contributed by atoms with Gasteiger partial charge in [0.05, 0.1) is 18.8 Å². The van der Waals surface area contributed by atoms with E-state index < -0.39 is 24.0 Å². The number of hydrogen-bond acceptors (Lipinski definition) is 5. The van der Waals surface area contributed by atoms with Gasteiger partial charge in [-0.05, 0) is 17.7 Å². The maximum atomic E-state index is 13.5. The first-order chi connectivity index (χ1) is 8.01. The fourth-order valence-electron chi connectivity index (χ4n) is 1.34. The summed E-state index contributed by atoms with van der Waals surface area (Å²) < 4.78 is 17.9. The van der Waals surface area contributed by atoms with E-state index in [0.29, 0.717) is 0 Å². The van der Waals surface area contributed by atoms with Crippen molar-refractivity contribution in [3.05, 3.63) is 35.1 Å². The molecule has 0 radical (unpaired) electrons. The quantitative estimate of drug-likeness (QED) is 0.645. The monoisotopic (exact) mass is 243 g/mol. The number of carbonyl (C=O) groups is 1. The molecule has 0 aliphatic carbocycles. The lowest BCUT2D eigenvalue weighted by Crippen LogP contribution is -2.27. The molecule has 1 aromatic rings. The van der Waals surface area contributed by atoms with Crippen molar-refractivity contribution in [1.29, 1.82) is 0 Å². The van der Waals surface area contributed by atoms with Gasteiger partial charge in [-0.15, -0.1) is 0 Å². The highest BCUT2D eigenvalue weighted by Crippen LogP contribution is 2.20. The summed E-state index contributed by atoms with van der Waals surface area (Å²) in [6, 6.07) is 3.48. The summed E-state index contributed by atoms with van der Waals surface area (Å²) in [6.45, 7) is -0.151. The van der Waals surface area contributed by atoms with E-state index in [2.05, 4.69) is 4.74 Å². The molecule has 5 nitrogen and oxygen atoms in total. The third-order valence-electron chi connectivity index (χ3n) is 2.35. The Labute approximate surface area is 97.6 Å². The number of hydrogen-bond donors (Lipinski definition) is 3. The second-order valence-electron chi connectivity index (χ2n) is 3.48. The molecule has 0 saturated heterocycles. The Kier molecular flexibility index (Phi) is 4.56. The third kappa shape index (κ3) is 3.00. The number of aliphatic hydroxyl groups excluding tert-OH is 2. The maximum absolute atomic E-state index is 13.5. The van der Waals surface area contributed by atoms with Crippen LogP contribution in [0, 0.1) is 5.82 Å². The zero-order chi connectivity index (χ0) is 13.0. The minimum Gasteiger partial charge on any atom is -0.465 e. The first kappa shape index (κ1) is 13.6. The summed E-state index contributed by atoms with van der Waals surface area (Å²) in [5.41, 5.74) is 5.09. The van der Waals surface area contributed by atoms with Gasteiger partial charge in [-0.25, -0.2) is 9.18 Å². The number of halogens is 1. The number of ether oxygens (including phenoxy) is 1. The standard InChI is InChI=1S/C11H14FNO4/c1-17-11(16)7-3-2-6(4-8(7)12)10(15)9(14)5-13/h2-4,9-10,14-15H,5,13H2,1H3. The van der Waals surface area contributed by atoms with Gasteiger partial charge >= 0.3 is 5.97 Å². The van der Waals surface area contributed by atoms with E-state index in [1.807, 2.05) is 0 Å². The normalized spacial score (nSPS) is 14.2. The molecule has 6 heteroatoms. The van der Waals surface area contributed by atoms with Crippen LogP contribution in [0.4, 0.5) is 4.39 Å². The molecule has 17 heavy (non-hydrogen) atoms. The highest BCUT2D eigenvalue weighted by Gasteiger charge is 2.20. The van der Waals surface area contributed by atoms with Crippen LogP contribution < -0.4 is 5.73 Å². The van der Waals surface area contributed by atoms with Gasteiger partial charge in [0.15, 0.2) is 0 Å². The molecule has 0 saturated carbocycles. The van der Waals surface area contributed by atoms with Crippen LogP contribution in [0.1, 0.15) is 22.0 Å². The van der Waals surface area contributed by atoms with Crippen molar-refractivity contribution < 1.29 is 24.1 Å². The Balaban J connectivity index is 3.00. The second kappa shape index (κ2) is 5.72. The van der Waals surface area contributed by atoms with Crippen LogP contribution in [-0.4, -0.2) is 35.9 Å². The fourth-order valence-corrected chi connectivity index (χ4v) is 1.34. The molecule has 0 spiro atoms. The zero-order valence-electron chi connectivity index (χ0n) is 9.26. The number of nitrogens with two attached hydrogens (primary N) is 1. The van der Waals surface area contributed by atoms with E-state index in [9.17, 15) is 19.4 Å². The first-order valence-corrected chi connectivity index (χ1v) is 4.95.